The predicted molar refractivity (Wildman–Crippen MR) is 95.7 cm³/mol. The van der Waals surface area contributed by atoms with Gasteiger partial charge in [-0.05, 0) is 35.9 Å². The molecule has 3 rings (SSSR count). The van der Waals surface area contributed by atoms with E-state index in [9.17, 15) is 4.57 Å². The number of hydrogen-bond donors (Lipinski definition) is 1. The normalized spacial score (nSPS) is 11.0. The summed E-state index contributed by atoms with van der Waals surface area (Å²) < 4.78 is 25.3. The molecule has 0 fully saturated rings. The Kier molecular flexibility index (Phi) is 4.99. The zero-order valence-electron chi connectivity index (χ0n) is 13.0. The first-order valence-corrected chi connectivity index (χ1v) is 9.13. The van der Waals surface area contributed by atoms with Crippen molar-refractivity contribution in [3.63, 3.8) is 0 Å². The van der Waals surface area contributed by atoms with Gasteiger partial charge in [-0.3, -0.25) is 0 Å². The maximum Gasteiger partial charge on any atom is 0.463 e. The molecule has 0 heterocycles. The van der Waals surface area contributed by atoms with Crippen LogP contribution in [-0.2, 0) is 11.1 Å². The minimum absolute atomic E-state index is 0.246. The highest BCUT2D eigenvalue weighted by Gasteiger charge is 2.33. The number of rotatable bonds is 6. The van der Waals surface area contributed by atoms with E-state index in [4.69, 9.17) is 14.8 Å². The molecule has 4 nitrogen and oxygen atoms in total. The zero-order chi connectivity index (χ0) is 16.8. The topological polar surface area (TPSA) is 61.6 Å². The summed E-state index contributed by atoms with van der Waals surface area (Å²) >= 11 is 0. The van der Waals surface area contributed by atoms with Crippen LogP contribution < -0.4 is 20.1 Å². The van der Waals surface area contributed by atoms with Crippen LogP contribution in [-0.4, -0.2) is 0 Å². The van der Waals surface area contributed by atoms with Crippen molar-refractivity contribution in [2.75, 3.05) is 0 Å². The second-order valence-electron chi connectivity index (χ2n) is 5.14. The molecule has 0 aliphatic heterocycles. The van der Waals surface area contributed by atoms with Crippen LogP contribution in [0.15, 0.2) is 84.9 Å². The van der Waals surface area contributed by atoms with Crippen LogP contribution in [0.3, 0.4) is 0 Å². The van der Waals surface area contributed by atoms with Crippen molar-refractivity contribution in [3.05, 3.63) is 90.5 Å². The van der Waals surface area contributed by atoms with E-state index >= 15 is 0 Å². The minimum Gasteiger partial charge on any atom is -0.413 e. The van der Waals surface area contributed by atoms with Gasteiger partial charge in [0, 0.05) is 6.54 Å². The number of benzene rings is 3. The van der Waals surface area contributed by atoms with E-state index in [1.54, 1.807) is 36.4 Å². The lowest BCUT2D eigenvalue weighted by Crippen LogP contribution is -2.20. The molecule has 3 aromatic rings. The fraction of sp³-hybridized carbons (Fsp3) is 0.0526. The Labute approximate surface area is 141 Å². The first-order chi connectivity index (χ1) is 11.7. The molecule has 0 saturated carbocycles. The molecular formula is C19H18NO3P. The van der Waals surface area contributed by atoms with E-state index in [1.807, 2.05) is 48.5 Å². The van der Waals surface area contributed by atoms with Crippen molar-refractivity contribution in [2.24, 2.45) is 5.73 Å². The second-order valence-corrected chi connectivity index (χ2v) is 6.98. The lowest BCUT2D eigenvalue weighted by molar-refractivity contribution is 0.399. The Morgan fingerprint density at radius 3 is 1.67 bits per heavy atom. The van der Waals surface area contributed by atoms with Gasteiger partial charge in [0.05, 0.1) is 5.30 Å². The molecule has 0 radical (unpaired) electrons. The third-order valence-corrected chi connectivity index (χ3v) is 5.37. The fourth-order valence-electron chi connectivity index (χ4n) is 2.31. The van der Waals surface area contributed by atoms with Crippen LogP contribution in [0.5, 0.6) is 11.5 Å². The summed E-state index contributed by atoms with van der Waals surface area (Å²) in [5.41, 5.74) is 6.53. The third-order valence-electron chi connectivity index (χ3n) is 3.44. The van der Waals surface area contributed by atoms with Crippen molar-refractivity contribution in [3.8, 4) is 11.5 Å². The maximum atomic E-state index is 13.6. The lowest BCUT2D eigenvalue weighted by atomic mass is 10.2. The van der Waals surface area contributed by atoms with Crippen LogP contribution in [0.25, 0.3) is 0 Å². The van der Waals surface area contributed by atoms with Crippen molar-refractivity contribution < 1.29 is 13.6 Å². The minimum atomic E-state index is -3.65. The van der Waals surface area contributed by atoms with Gasteiger partial charge in [-0.25, -0.2) is 4.57 Å². The van der Waals surface area contributed by atoms with Gasteiger partial charge < -0.3 is 14.8 Å². The van der Waals surface area contributed by atoms with Crippen LogP contribution in [0.1, 0.15) is 5.56 Å². The highest BCUT2D eigenvalue weighted by atomic mass is 31.2. The van der Waals surface area contributed by atoms with Gasteiger partial charge in [-0.1, -0.05) is 54.6 Å². The molecule has 0 unspecified atom stereocenters. The van der Waals surface area contributed by atoms with E-state index in [2.05, 4.69) is 0 Å². The average Bonchev–Trinajstić information content (AvgIpc) is 2.63. The van der Waals surface area contributed by atoms with Crippen molar-refractivity contribution in [1.29, 1.82) is 0 Å². The Balaban J connectivity index is 2.04. The summed E-state index contributed by atoms with van der Waals surface area (Å²) in [6, 6.07) is 25.2. The molecule has 0 saturated heterocycles. The van der Waals surface area contributed by atoms with E-state index in [0.29, 0.717) is 16.8 Å². The van der Waals surface area contributed by atoms with Crippen molar-refractivity contribution in [2.45, 2.75) is 6.54 Å². The van der Waals surface area contributed by atoms with Crippen molar-refractivity contribution >= 4 is 12.9 Å². The molecule has 24 heavy (non-hydrogen) atoms. The van der Waals surface area contributed by atoms with Crippen LogP contribution in [0, 0.1) is 0 Å². The summed E-state index contributed by atoms with van der Waals surface area (Å²) in [7, 11) is -3.65. The first-order valence-electron chi connectivity index (χ1n) is 7.59. The molecule has 0 aliphatic rings. The summed E-state index contributed by atoms with van der Waals surface area (Å²) in [5.74, 6) is 0.951. The Morgan fingerprint density at radius 2 is 1.17 bits per heavy atom. The summed E-state index contributed by atoms with van der Waals surface area (Å²) in [6.07, 6.45) is 0. The quantitative estimate of drug-likeness (QED) is 0.686. The molecule has 0 aliphatic carbocycles. The monoisotopic (exact) mass is 339 g/mol. The van der Waals surface area contributed by atoms with E-state index in [1.165, 1.54) is 0 Å². The molecule has 0 amide bonds. The highest BCUT2D eigenvalue weighted by Crippen LogP contribution is 2.48. The molecule has 0 bridgehead atoms. The van der Waals surface area contributed by atoms with Gasteiger partial charge in [0.25, 0.3) is 0 Å². The van der Waals surface area contributed by atoms with Crippen LogP contribution in [0.4, 0.5) is 0 Å². The van der Waals surface area contributed by atoms with Gasteiger partial charge in [0.1, 0.15) is 11.5 Å². The SMILES string of the molecule is NCc1ccccc1P(=O)(Oc1ccccc1)Oc1ccccc1. The zero-order valence-corrected chi connectivity index (χ0v) is 13.9. The largest absolute Gasteiger partial charge is 0.463 e. The molecule has 0 spiro atoms. The third kappa shape index (κ3) is 3.67. The lowest BCUT2D eigenvalue weighted by Gasteiger charge is -2.22. The molecule has 2 N–H and O–H groups in total. The molecular weight excluding hydrogens is 321 g/mol. The van der Waals surface area contributed by atoms with Gasteiger partial charge >= 0.3 is 7.60 Å². The second kappa shape index (κ2) is 7.35. The molecule has 5 heteroatoms. The van der Waals surface area contributed by atoms with E-state index in [-0.39, 0.29) is 6.54 Å². The van der Waals surface area contributed by atoms with Gasteiger partial charge in [0.15, 0.2) is 0 Å². The van der Waals surface area contributed by atoms with E-state index < -0.39 is 7.60 Å². The molecule has 0 atom stereocenters. The molecule has 0 aromatic heterocycles. The Hall–Kier alpha value is -2.55. The van der Waals surface area contributed by atoms with Gasteiger partial charge in [-0.15, -0.1) is 0 Å². The summed E-state index contributed by atoms with van der Waals surface area (Å²) in [6.45, 7) is 0.246. The predicted octanol–water partition coefficient (Wildman–Crippen LogP) is 4.12. The number of para-hydroxylation sites is 2. The summed E-state index contributed by atoms with van der Waals surface area (Å²) in [5, 5.41) is 0.472. The number of hydrogen-bond acceptors (Lipinski definition) is 4. The molecule has 3 aromatic carbocycles. The van der Waals surface area contributed by atoms with Gasteiger partial charge in [0.2, 0.25) is 0 Å². The first kappa shape index (κ1) is 16.3. The number of nitrogens with two attached hydrogens (primary N) is 1. The highest BCUT2D eigenvalue weighted by molar-refractivity contribution is 7.63. The van der Waals surface area contributed by atoms with Gasteiger partial charge in [-0.2, -0.15) is 0 Å². The standard InChI is InChI=1S/C19H18NO3P/c20-15-16-9-7-8-14-19(16)24(21,22-17-10-3-1-4-11-17)23-18-12-5-2-6-13-18/h1-14H,15,20H2. The fourth-order valence-corrected chi connectivity index (χ4v) is 4.13. The van der Waals surface area contributed by atoms with Crippen LogP contribution >= 0.6 is 7.60 Å². The molecule has 122 valence electrons. The Bertz CT molecular complexity index is 792. The maximum absolute atomic E-state index is 13.6. The Morgan fingerprint density at radius 1 is 0.708 bits per heavy atom. The average molecular weight is 339 g/mol. The van der Waals surface area contributed by atoms with Crippen molar-refractivity contribution in [1.82, 2.24) is 0 Å². The smallest absolute Gasteiger partial charge is 0.413 e. The van der Waals surface area contributed by atoms with Crippen LogP contribution in [0.2, 0.25) is 0 Å². The van der Waals surface area contributed by atoms with E-state index in [0.717, 1.165) is 5.56 Å². The summed E-state index contributed by atoms with van der Waals surface area (Å²) in [4.78, 5) is 0.